The quantitative estimate of drug-likeness (QED) is 0.463. The summed E-state index contributed by atoms with van der Waals surface area (Å²) in [6.07, 6.45) is 4.35. The van der Waals surface area contributed by atoms with E-state index in [2.05, 4.69) is 10.1 Å². The summed E-state index contributed by atoms with van der Waals surface area (Å²) in [6.45, 7) is 0. The first-order valence-electron chi connectivity index (χ1n) is 6.99. The van der Waals surface area contributed by atoms with Crippen LogP contribution >= 0.6 is 11.3 Å². The minimum absolute atomic E-state index is 0.677. The number of nitrogens with zero attached hydrogens (tertiary/aromatic N) is 3. The van der Waals surface area contributed by atoms with Crippen LogP contribution in [0.1, 0.15) is 9.67 Å². The van der Waals surface area contributed by atoms with Gasteiger partial charge in [0.25, 0.3) is 0 Å². The molecule has 0 aliphatic carbocycles. The molecule has 4 aromatic rings. The number of thiophene rings is 1. The average Bonchev–Trinajstić information content (AvgIpc) is 3.20. The summed E-state index contributed by atoms with van der Waals surface area (Å²) >= 11 is 1.41. The molecule has 0 bridgehead atoms. The second kappa shape index (κ2) is 5.33. The summed E-state index contributed by atoms with van der Waals surface area (Å²) in [5.74, 6) is 0. The summed E-state index contributed by atoms with van der Waals surface area (Å²) in [4.78, 5) is 16.3. The Bertz CT molecular complexity index is 1020. The number of anilines is 1. The Balaban J connectivity index is 1.95. The fourth-order valence-corrected chi connectivity index (χ4v) is 3.34. The molecule has 4 rings (SSSR count). The molecule has 0 aliphatic heterocycles. The number of nitrogens with two attached hydrogens (primary N) is 1. The van der Waals surface area contributed by atoms with Gasteiger partial charge in [-0.1, -0.05) is 12.1 Å². The number of hydrogen-bond donors (Lipinski definition) is 1. The first-order chi connectivity index (χ1) is 11.3. The van der Waals surface area contributed by atoms with Crippen LogP contribution < -0.4 is 5.73 Å². The predicted octanol–water partition coefficient (Wildman–Crippen LogP) is 3.52. The van der Waals surface area contributed by atoms with Gasteiger partial charge in [-0.25, -0.2) is 9.50 Å². The number of rotatable bonds is 3. The van der Waals surface area contributed by atoms with Gasteiger partial charge in [-0.2, -0.15) is 5.10 Å². The number of hydrogen-bond acceptors (Lipinski definition) is 5. The van der Waals surface area contributed by atoms with Crippen molar-refractivity contribution in [2.24, 2.45) is 0 Å². The summed E-state index contributed by atoms with van der Waals surface area (Å²) in [7, 11) is 0. The number of nitrogen functional groups attached to an aromatic ring is 1. The van der Waals surface area contributed by atoms with Crippen molar-refractivity contribution in [3.05, 3.63) is 59.0 Å². The second-order valence-electron chi connectivity index (χ2n) is 5.07. The largest absolute Gasteiger partial charge is 0.399 e. The van der Waals surface area contributed by atoms with Crippen molar-refractivity contribution in [1.29, 1.82) is 0 Å². The molecule has 0 atom stereocenters. The van der Waals surface area contributed by atoms with Gasteiger partial charge in [-0.3, -0.25) is 4.79 Å². The summed E-state index contributed by atoms with van der Waals surface area (Å²) in [5, 5.41) is 6.35. The van der Waals surface area contributed by atoms with Gasteiger partial charge in [0.1, 0.15) is 0 Å². The van der Waals surface area contributed by atoms with Crippen LogP contribution in [0.3, 0.4) is 0 Å². The summed E-state index contributed by atoms with van der Waals surface area (Å²) in [5.41, 5.74) is 10.9. The third kappa shape index (κ3) is 2.20. The molecule has 6 heteroatoms. The lowest BCUT2D eigenvalue weighted by atomic mass is 10.1. The maximum Gasteiger partial charge on any atom is 0.163 e. The van der Waals surface area contributed by atoms with Crippen molar-refractivity contribution >= 4 is 29.0 Å². The number of benzene rings is 1. The molecule has 0 fully saturated rings. The molecule has 23 heavy (non-hydrogen) atoms. The van der Waals surface area contributed by atoms with Crippen molar-refractivity contribution in [3.63, 3.8) is 0 Å². The number of aromatic nitrogens is 3. The lowest BCUT2D eigenvalue weighted by Gasteiger charge is -2.06. The molecule has 0 saturated carbocycles. The van der Waals surface area contributed by atoms with E-state index in [1.165, 1.54) is 11.3 Å². The van der Waals surface area contributed by atoms with Gasteiger partial charge >= 0.3 is 0 Å². The van der Waals surface area contributed by atoms with Gasteiger partial charge in [0.05, 0.1) is 16.8 Å². The Morgan fingerprint density at radius 3 is 2.91 bits per heavy atom. The maximum absolute atomic E-state index is 11.2. The van der Waals surface area contributed by atoms with Crippen LogP contribution in [0.15, 0.2) is 54.2 Å². The third-order valence-electron chi connectivity index (χ3n) is 3.68. The number of carbonyl (C=O) groups excluding carboxylic acids is 1. The molecule has 3 aromatic heterocycles. The molecule has 3 heterocycles. The average molecular weight is 320 g/mol. The lowest BCUT2D eigenvalue weighted by molar-refractivity contribution is 0.112. The number of carbonyl (C=O) groups is 1. The van der Waals surface area contributed by atoms with Crippen LogP contribution in [0.4, 0.5) is 5.69 Å². The molecule has 1 aromatic carbocycles. The Morgan fingerprint density at radius 1 is 1.17 bits per heavy atom. The number of aldehydes is 1. The Morgan fingerprint density at radius 2 is 2.09 bits per heavy atom. The summed E-state index contributed by atoms with van der Waals surface area (Å²) in [6, 6.07) is 11.4. The summed E-state index contributed by atoms with van der Waals surface area (Å²) < 4.78 is 1.77. The highest BCUT2D eigenvalue weighted by Gasteiger charge is 2.15. The number of fused-ring (bicyclic) bond motifs is 1. The molecule has 0 amide bonds. The minimum atomic E-state index is 0.677. The second-order valence-corrected chi connectivity index (χ2v) is 6.01. The molecule has 0 radical (unpaired) electrons. The maximum atomic E-state index is 11.2. The molecule has 0 saturated heterocycles. The molecular weight excluding hydrogens is 308 g/mol. The highest BCUT2D eigenvalue weighted by atomic mass is 32.1. The Kier molecular flexibility index (Phi) is 3.17. The van der Waals surface area contributed by atoms with E-state index in [9.17, 15) is 4.79 Å². The standard InChI is InChI=1S/C17H12N4OS/c18-12-3-1-2-11(8-12)15-4-6-19-17-14(9-20-21(15)17)13-5-7-23-16(13)10-22/h1-10H,18H2. The van der Waals surface area contributed by atoms with Gasteiger partial charge in [0.2, 0.25) is 0 Å². The highest BCUT2D eigenvalue weighted by molar-refractivity contribution is 7.12. The van der Waals surface area contributed by atoms with E-state index < -0.39 is 0 Å². The zero-order valence-corrected chi connectivity index (χ0v) is 12.8. The van der Waals surface area contributed by atoms with Crippen molar-refractivity contribution in [2.45, 2.75) is 0 Å². The van der Waals surface area contributed by atoms with E-state index in [-0.39, 0.29) is 0 Å². The molecular formula is C17H12N4OS. The van der Waals surface area contributed by atoms with Crippen molar-refractivity contribution in [3.8, 4) is 22.4 Å². The van der Waals surface area contributed by atoms with Crippen LogP contribution in [0.25, 0.3) is 28.0 Å². The zero-order valence-electron chi connectivity index (χ0n) is 12.0. The van der Waals surface area contributed by atoms with Gasteiger partial charge in [-0.05, 0) is 29.6 Å². The van der Waals surface area contributed by atoms with Gasteiger partial charge < -0.3 is 5.73 Å². The van der Waals surface area contributed by atoms with Crippen LogP contribution in [0.2, 0.25) is 0 Å². The predicted molar refractivity (Wildman–Crippen MR) is 91.5 cm³/mol. The van der Waals surface area contributed by atoms with Gasteiger partial charge in [0, 0.05) is 28.6 Å². The van der Waals surface area contributed by atoms with Crippen molar-refractivity contribution in [1.82, 2.24) is 14.6 Å². The SMILES string of the molecule is Nc1cccc(-c2ccnc3c(-c4ccsc4C=O)cnn23)c1. The van der Waals surface area contributed by atoms with E-state index in [0.29, 0.717) is 16.2 Å². The minimum Gasteiger partial charge on any atom is -0.399 e. The Labute approximate surface area is 136 Å². The van der Waals surface area contributed by atoms with Gasteiger partial charge in [-0.15, -0.1) is 11.3 Å². The monoisotopic (exact) mass is 320 g/mol. The molecule has 2 N–H and O–H groups in total. The first kappa shape index (κ1) is 13.7. The fraction of sp³-hybridized carbons (Fsp3) is 0. The molecule has 5 nitrogen and oxygen atoms in total. The van der Waals surface area contributed by atoms with Crippen molar-refractivity contribution < 1.29 is 4.79 Å². The first-order valence-corrected chi connectivity index (χ1v) is 7.87. The van der Waals surface area contributed by atoms with Gasteiger partial charge in [0.15, 0.2) is 11.9 Å². The van der Waals surface area contributed by atoms with Crippen molar-refractivity contribution in [2.75, 3.05) is 5.73 Å². The highest BCUT2D eigenvalue weighted by Crippen LogP contribution is 2.31. The van der Waals surface area contributed by atoms with E-state index >= 15 is 0 Å². The van der Waals surface area contributed by atoms with E-state index in [0.717, 1.165) is 28.7 Å². The normalized spacial score (nSPS) is 11.0. The van der Waals surface area contributed by atoms with Crippen LogP contribution in [-0.4, -0.2) is 20.9 Å². The molecule has 0 aliphatic rings. The molecule has 0 unspecified atom stereocenters. The molecule has 112 valence electrons. The van der Waals surface area contributed by atoms with Crippen LogP contribution in [0.5, 0.6) is 0 Å². The third-order valence-corrected chi connectivity index (χ3v) is 4.52. The smallest absolute Gasteiger partial charge is 0.163 e. The topological polar surface area (TPSA) is 73.3 Å². The van der Waals surface area contributed by atoms with E-state index in [1.54, 1.807) is 16.9 Å². The Hall–Kier alpha value is -2.99. The molecule has 0 spiro atoms. The zero-order chi connectivity index (χ0) is 15.8. The lowest BCUT2D eigenvalue weighted by Crippen LogP contribution is -1.96. The van der Waals surface area contributed by atoms with Crippen LogP contribution in [-0.2, 0) is 0 Å². The van der Waals surface area contributed by atoms with E-state index in [1.807, 2.05) is 41.8 Å². The van der Waals surface area contributed by atoms with E-state index in [4.69, 9.17) is 5.73 Å². The van der Waals surface area contributed by atoms with Crippen LogP contribution in [0, 0.1) is 0 Å². The fourth-order valence-electron chi connectivity index (χ4n) is 2.63.